The highest BCUT2D eigenvalue weighted by Crippen LogP contribution is 2.10. The SMILES string of the molecule is CCC/C(=C/c1ccccc1)CO. The second-order valence-electron chi connectivity index (χ2n) is 3.12. The molecule has 0 radical (unpaired) electrons. The molecule has 1 nitrogen and oxygen atoms in total. The van der Waals surface area contributed by atoms with Crippen molar-refractivity contribution in [3.05, 3.63) is 41.5 Å². The minimum absolute atomic E-state index is 0.169. The Morgan fingerprint density at radius 3 is 2.54 bits per heavy atom. The van der Waals surface area contributed by atoms with Crippen molar-refractivity contribution in [1.82, 2.24) is 0 Å². The van der Waals surface area contributed by atoms with Crippen molar-refractivity contribution < 1.29 is 5.11 Å². The fourth-order valence-corrected chi connectivity index (χ4v) is 1.30. The van der Waals surface area contributed by atoms with Crippen LogP contribution in [-0.2, 0) is 0 Å². The van der Waals surface area contributed by atoms with Gasteiger partial charge in [0.1, 0.15) is 0 Å². The van der Waals surface area contributed by atoms with E-state index in [2.05, 4.69) is 13.0 Å². The van der Waals surface area contributed by atoms with Crippen molar-refractivity contribution >= 4 is 6.08 Å². The molecule has 13 heavy (non-hydrogen) atoms. The number of hydrogen-bond donors (Lipinski definition) is 1. The predicted molar refractivity (Wildman–Crippen MR) is 56.4 cm³/mol. The quantitative estimate of drug-likeness (QED) is 0.748. The van der Waals surface area contributed by atoms with Crippen LogP contribution in [0, 0.1) is 0 Å². The average Bonchev–Trinajstić information content (AvgIpc) is 2.19. The zero-order valence-electron chi connectivity index (χ0n) is 8.03. The van der Waals surface area contributed by atoms with Gasteiger partial charge in [-0.25, -0.2) is 0 Å². The van der Waals surface area contributed by atoms with Crippen molar-refractivity contribution in [3.63, 3.8) is 0 Å². The molecule has 0 heterocycles. The van der Waals surface area contributed by atoms with Crippen molar-refractivity contribution in [2.24, 2.45) is 0 Å². The zero-order valence-corrected chi connectivity index (χ0v) is 8.03. The molecule has 1 aromatic carbocycles. The van der Waals surface area contributed by atoms with E-state index in [-0.39, 0.29) is 6.61 Å². The van der Waals surface area contributed by atoms with Crippen LogP contribution in [0.5, 0.6) is 0 Å². The number of benzene rings is 1. The van der Waals surface area contributed by atoms with Gasteiger partial charge in [-0.3, -0.25) is 0 Å². The summed E-state index contributed by atoms with van der Waals surface area (Å²) < 4.78 is 0. The lowest BCUT2D eigenvalue weighted by atomic mass is 10.1. The largest absolute Gasteiger partial charge is 0.392 e. The lowest BCUT2D eigenvalue weighted by Gasteiger charge is -2.01. The second-order valence-corrected chi connectivity index (χ2v) is 3.12. The fourth-order valence-electron chi connectivity index (χ4n) is 1.30. The van der Waals surface area contributed by atoms with Gasteiger partial charge in [0, 0.05) is 0 Å². The highest BCUT2D eigenvalue weighted by atomic mass is 16.3. The van der Waals surface area contributed by atoms with E-state index in [0.29, 0.717) is 0 Å². The van der Waals surface area contributed by atoms with Gasteiger partial charge < -0.3 is 5.11 Å². The number of rotatable bonds is 4. The summed E-state index contributed by atoms with van der Waals surface area (Å²) in [7, 11) is 0. The molecule has 0 unspecified atom stereocenters. The van der Waals surface area contributed by atoms with E-state index in [4.69, 9.17) is 5.11 Å². The van der Waals surface area contributed by atoms with Gasteiger partial charge in [-0.15, -0.1) is 0 Å². The van der Waals surface area contributed by atoms with E-state index in [1.807, 2.05) is 30.3 Å². The highest BCUT2D eigenvalue weighted by molar-refractivity contribution is 5.52. The van der Waals surface area contributed by atoms with Crippen LogP contribution in [0.15, 0.2) is 35.9 Å². The molecule has 0 saturated heterocycles. The Kier molecular flexibility index (Phi) is 4.27. The molecular formula is C12H16O. The maximum absolute atomic E-state index is 9.05. The lowest BCUT2D eigenvalue weighted by molar-refractivity contribution is 0.327. The minimum atomic E-state index is 0.169. The Labute approximate surface area is 79.7 Å². The van der Waals surface area contributed by atoms with Crippen LogP contribution < -0.4 is 0 Å². The van der Waals surface area contributed by atoms with Crippen molar-refractivity contribution in [3.8, 4) is 0 Å². The third-order valence-electron chi connectivity index (χ3n) is 1.94. The predicted octanol–water partition coefficient (Wildman–Crippen LogP) is 2.86. The van der Waals surface area contributed by atoms with Crippen LogP contribution in [0.3, 0.4) is 0 Å². The van der Waals surface area contributed by atoms with Crippen LogP contribution in [0.2, 0.25) is 0 Å². The maximum Gasteiger partial charge on any atom is 0.0645 e. The first-order valence-corrected chi connectivity index (χ1v) is 4.72. The van der Waals surface area contributed by atoms with Crippen LogP contribution in [0.1, 0.15) is 25.3 Å². The molecule has 0 fully saturated rings. The normalized spacial score (nSPS) is 11.7. The molecule has 0 amide bonds. The number of aliphatic hydroxyl groups is 1. The average molecular weight is 176 g/mol. The Bertz CT molecular complexity index is 262. The first-order chi connectivity index (χ1) is 6.36. The lowest BCUT2D eigenvalue weighted by Crippen LogP contribution is -1.89. The molecule has 0 aliphatic carbocycles. The molecule has 0 bridgehead atoms. The van der Waals surface area contributed by atoms with E-state index in [0.717, 1.165) is 18.4 Å². The topological polar surface area (TPSA) is 20.2 Å². The third kappa shape index (κ3) is 3.43. The molecule has 0 atom stereocenters. The maximum atomic E-state index is 9.05. The minimum Gasteiger partial charge on any atom is -0.392 e. The van der Waals surface area contributed by atoms with E-state index in [9.17, 15) is 0 Å². The molecule has 0 aliphatic heterocycles. The van der Waals surface area contributed by atoms with Gasteiger partial charge in [-0.1, -0.05) is 49.8 Å². The summed E-state index contributed by atoms with van der Waals surface area (Å²) >= 11 is 0. The van der Waals surface area contributed by atoms with Crippen LogP contribution in [0.4, 0.5) is 0 Å². The second kappa shape index (κ2) is 5.55. The van der Waals surface area contributed by atoms with Crippen molar-refractivity contribution in [2.75, 3.05) is 6.61 Å². The Hall–Kier alpha value is -1.08. The van der Waals surface area contributed by atoms with E-state index < -0.39 is 0 Å². The molecule has 1 rings (SSSR count). The molecule has 70 valence electrons. The molecule has 0 saturated carbocycles. The first kappa shape index (κ1) is 10.0. The number of hydrogen-bond acceptors (Lipinski definition) is 1. The summed E-state index contributed by atoms with van der Waals surface area (Å²) in [5.74, 6) is 0. The monoisotopic (exact) mass is 176 g/mol. The van der Waals surface area contributed by atoms with Gasteiger partial charge in [-0.2, -0.15) is 0 Å². The van der Waals surface area contributed by atoms with Crippen molar-refractivity contribution in [2.45, 2.75) is 19.8 Å². The van der Waals surface area contributed by atoms with Crippen LogP contribution >= 0.6 is 0 Å². The first-order valence-electron chi connectivity index (χ1n) is 4.72. The fraction of sp³-hybridized carbons (Fsp3) is 0.333. The standard InChI is InChI=1S/C12H16O/c1-2-6-12(10-13)9-11-7-4-3-5-8-11/h3-5,7-9,13H,2,6,10H2,1H3/b12-9-. The van der Waals surface area contributed by atoms with Gasteiger partial charge >= 0.3 is 0 Å². The number of aliphatic hydroxyl groups excluding tert-OH is 1. The summed E-state index contributed by atoms with van der Waals surface area (Å²) in [4.78, 5) is 0. The summed E-state index contributed by atoms with van der Waals surface area (Å²) in [6.45, 7) is 2.29. The molecule has 0 spiro atoms. The van der Waals surface area contributed by atoms with Gasteiger partial charge in [0.15, 0.2) is 0 Å². The van der Waals surface area contributed by atoms with Crippen LogP contribution in [-0.4, -0.2) is 11.7 Å². The Morgan fingerprint density at radius 2 is 2.00 bits per heavy atom. The molecule has 1 aromatic rings. The summed E-state index contributed by atoms with van der Waals surface area (Å²) in [6.07, 6.45) is 4.12. The van der Waals surface area contributed by atoms with Crippen LogP contribution in [0.25, 0.3) is 6.08 Å². The zero-order chi connectivity index (χ0) is 9.52. The van der Waals surface area contributed by atoms with E-state index >= 15 is 0 Å². The summed E-state index contributed by atoms with van der Waals surface area (Å²) in [5, 5.41) is 9.05. The summed E-state index contributed by atoms with van der Waals surface area (Å²) in [5.41, 5.74) is 2.27. The molecule has 1 heteroatoms. The van der Waals surface area contributed by atoms with E-state index in [1.54, 1.807) is 0 Å². The smallest absolute Gasteiger partial charge is 0.0645 e. The Balaban J connectivity index is 2.73. The van der Waals surface area contributed by atoms with Crippen molar-refractivity contribution in [1.29, 1.82) is 0 Å². The molecule has 0 aromatic heterocycles. The van der Waals surface area contributed by atoms with E-state index in [1.165, 1.54) is 5.56 Å². The van der Waals surface area contributed by atoms with Gasteiger partial charge in [0.05, 0.1) is 6.61 Å². The summed E-state index contributed by atoms with van der Waals surface area (Å²) in [6, 6.07) is 10.1. The molecular weight excluding hydrogens is 160 g/mol. The van der Waals surface area contributed by atoms with Gasteiger partial charge in [-0.05, 0) is 17.6 Å². The third-order valence-corrected chi connectivity index (χ3v) is 1.94. The molecule has 1 N–H and O–H groups in total. The van der Waals surface area contributed by atoms with Gasteiger partial charge in [0.25, 0.3) is 0 Å². The Morgan fingerprint density at radius 1 is 1.31 bits per heavy atom. The molecule has 0 aliphatic rings. The highest BCUT2D eigenvalue weighted by Gasteiger charge is 1.93. The van der Waals surface area contributed by atoms with Gasteiger partial charge in [0.2, 0.25) is 0 Å².